The van der Waals surface area contributed by atoms with E-state index in [0.29, 0.717) is 5.92 Å². The largest absolute Gasteiger partial charge is 0.126 e. The van der Waals surface area contributed by atoms with Crippen LogP contribution in [0.5, 0.6) is 0 Å². The maximum Gasteiger partial charge on any atom is 0.107 e. The van der Waals surface area contributed by atoms with Gasteiger partial charge in [-0.15, -0.1) is 22.9 Å². The highest BCUT2D eigenvalue weighted by molar-refractivity contribution is 9.10. The Kier molecular flexibility index (Phi) is 4.23. The normalized spacial score (nSPS) is 20.1. The average Bonchev–Trinajstić information content (AvgIpc) is 2.77. The zero-order chi connectivity index (χ0) is 13.4. The molecule has 0 bridgehead atoms. The Morgan fingerprint density at radius 2 is 2.11 bits per heavy atom. The van der Waals surface area contributed by atoms with E-state index in [1.807, 2.05) is 0 Å². The lowest BCUT2D eigenvalue weighted by Gasteiger charge is -2.28. The van der Waals surface area contributed by atoms with Crippen molar-refractivity contribution in [1.29, 1.82) is 0 Å². The number of thiophene rings is 1. The number of halogens is 3. The topological polar surface area (TPSA) is 0 Å². The molecule has 19 heavy (non-hydrogen) atoms. The van der Waals surface area contributed by atoms with Crippen LogP contribution in [0.1, 0.15) is 40.1 Å². The van der Waals surface area contributed by atoms with Crippen molar-refractivity contribution in [3.05, 3.63) is 55.1 Å². The molecule has 1 heterocycles. The molecule has 2 atom stereocenters. The molecule has 0 saturated heterocycles. The molecular weight excluding hydrogens is 363 g/mol. The van der Waals surface area contributed by atoms with Crippen molar-refractivity contribution in [3.63, 3.8) is 0 Å². The third-order valence-corrected chi connectivity index (χ3v) is 6.93. The van der Waals surface area contributed by atoms with Crippen molar-refractivity contribution in [2.75, 3.05) is 0 Å². The van der Waals surface area contributed by atoms with E-state index in [-0.39, 0.29) is 5.38 Å². The van der Waals surface area contributed by atoms with Crippen LogP contribution >= 0.6 is 50.5 Å². The first-order valence-corrected chi connectivity index (χ1v) is 8.76. The maximum absolute atomic E-state index is 6.73. The molecule has 1 aliphatic carbocycles. The highest BCUT2D eigenvalue weighted by atomic mass is 79.9. The van der Waals surface area contributed by atoms with Crippen LogP contribution in [0.4, 0.5) is 0 Å². The van der Waals surface area contributed by atoms with Crippen LogP contribution in [0.15, 0.2) is 34.8 Å². The van der Waals surface area contributed by atoms with Gasteiger partial charge in [-0.25, -0.2) is 0 Å². The molecule has 0 radical (unpaired) electrons. The summed E-state index contributed by atoms with van der Waals surface area (Å²) in [7, 11) is 0. The third kappa shape index (κ3) is 2.73. The second kappa shape index (κ2) is 5.77. The van der Waals surface area contributed by atoms with Crippen LogP contribution in [0.25, 0.3) is 0 Å². The quantitative estimate of drug-likeness (QED) is 0.521. The lowest BCUT2D eigenvalue weighted by Crippen LogP contribution is -2.13. The SMILES string of the molecule is Clc1sc(C(Cl)C2CCCc3ccccc32)cc1Br. The first-order valence-electron chi connectivity index (χ1n) is 6.33. The number of aryl methyl sites for hydroxylation is 1. The van der Waals surface area contributed by atoms with Crippen molar-refractivity contribution in [2.24, 2.45) is 0 Å². The Bertz CT molecular complexity index is 574. The summed E-state index contributed by atoms with van der Waals surface area (Å²) in [4.78, 5) is 1.15. The van der Waals surface area contributed by atoms with E-state index in [2.05, 4.69) is 46.3 Å². The van der Waals surface area contributed by atoms with Gasteiger partial charge < -0.3 is 0 Å². The number of hydrogen-bond donors (Lipinski definition) is 0. The van der Waals surface area contributed by atoms with E-state index in [1.54, 1.807) is 11.3 Å². The van der Waals surface area contributed by atoms with Crippen LogP contribution in [0.2, 0.25) is 4.34 Å². The molecule has 0 amide bonds. The smallest absolute Gasteiger partial charge is 0.107 e. The zero-order valence-corrected chi connectivity index (χ0v) is 14.1. The second-order valence-corrected chi connectivity index (χ2v) is 7.88. The molecule has 2 unspecified atom stereocenters. The van der Waals surface area contributed by atoms with Crippen molar-refractivity contribution in [3.8, 4) is 0 Å². The summed E-state index contributed by atoms with van der Waals surface area (Å²) in [5, 5.41) is 0.00949. The van der Waals surface area contributed by atoms with Gasteiger partial charge in [-0.3, -0.25) is 0 Å². The predicted octanol–water partition coefficient (Wildman–Crippen LogP) is 6.56. The van der Waals surface area contributed by atoms with Gasteiger partial charge >= 0.3 is 0 Å². The minimum absolute atomic E-state index is 0.00949. The van der Waals surface area contributed by atoms with Gasteiger partial charge in [-0.1, -0.05) is 35.9 Å². The Hall–Kier alpha value is -0.0200. The maximum atomic E-state index is 6.73. The summed E-state index contributed by atoms with van der Waals surface area (Å²) < 4.78 is 1.73. The Labute approximate surface area is 135 Å². The molecule has 4 heteroatoms. The molecule has 1 aromatic heterocycles. The number of rotatable bonds is 2. The molecule has 3 rings (SSSR count). The van der Waals surface area contributed by atoms with Gasteiger partial charge in [0.2, 0.25) is 0 Å². The summed E-state index contributed by atoms with van der Waals surface area (Å²) in [6, 6.07) is 10.7. The van der Waals surface area contributed by atoms with E-state index in [0.717, 1.165) is 20.1 Å². The van der Waals surface area contributed by atoms with Gasteiger partial charge in [-0.2, -0.15) is 0 Å². The van der Waals surface area contributed by atoms with Gasteiger partial charge in [0.15, 0.2) is 0 Å². The summed E-state index contributed by atoms with van der Waals surface area (Å²) in [6.07, 6.45) is 3.54. The highest BCUT2D eigenvalue weighted by Gasteiger charge is 2.28. The van der Waals surface area contributed by atoms with Crippen LogP contribution < -0.4 is 0 Å². The first kappa shape index (κ1) is 13.9. The zero-order valence-electron chi connectivity index (χ0n) is 10.2. The standard InChI is InChI=1S/C15H13BrCl2S/c16-12-8-13(19-15(12)18)14(17)11-7-3-5-9-4-1-2-6-10(9)11/h1-2,4,6,8,11,14H,3,5,7H2. The van der Waals surface area contributed by atoms with Crippen LogP contribution in [0.3, 0.4) is 0 Å². The van der Waals surface area contributed by atoms with Gasteiger partial charge in [-0.05, 0) is 52.4 Å². The molecule has 0 nitrogen and oxygen atoms in total. The molecular formula is C15H13BrCl2S. The fourth-order valence-corrected chi connectivity index (χ4v) is 5.03. The van der Waals surface area contributed by atoms with Crippen LogP contribution in [0, 0.1) is 0 Å². The van der Waals surface area contributed by atoms with Gasteiger partial charge in [0, 0.05) is 15.3 Å². The molecule has 0 spiro atoms. The molecule has 0 N–H and O–H groups in total. The Morgan fingerprint density at radius 1 is 1.32 bits per heavy atom. The monoisotopic (exact) mass is 374 g/mol. The van der Waals surface area contributed by atoms with Crippen molar-refractivity contribution < 1.29 is 0 Å². The van der Waals surface area contributed by atoms with Gasteiger partial charge in [0.1, 0.15) is 4.34 Å². The molecule has 0 fully saturated rings. The highest BCUT2D eigenvalue weighted by Crippen LogP contribution is 2.47. The molecule has 1 aromatic carbocycles. The molecule has 1 aliphatic rings. The van der Waals surface area contributed by atoms with Crippen molar-refractivity contribution >= 4 is 50.5 Å². The summed E-state index contributed by atoms with van der Waals surface area (Å²) in [5.41, 5.74) is 2.86. The average molecular weight is 376 g/mol. The molecule has 2 aromatic rings. The second-order valence-electron chi connectivity index (χ2n) is 4.87. The Morgan fingerprint density at radius 3 is 2.84 bits per heavy atom. The number of hydrogen-bond acceptors (Lipinski definition) is 1. The van der Waals surface area contributed by atoms with Gasteiger partial charge in [0.25, 0.3) is 0 Å². The van der Waals surface area contributed by atoms with Crippen LogP contribution in [-0.4, -0.2) is 0 Å². The fraction of sp³-hybridized carbons (Fsp3) is 0.333. The fourth-order valence-electron chi connectivity index (χ4n) is 2.79. The lowest BCUT2D eigenvalue weighted by molar-refractivity contribution is 0.542. The first-order chi connectivity index (χ1) is 9.16. The Balaban J connectivity index is 1.95. The third-order valence-electron chi connectivity index (χ3n) is 3.71. The molecule has 0 aliphatic heterocycles. The summed E-state index contributed by atoms with van der Waals surface area (Å²) in [5.74, 6) is 0.397. The van der Waals surface area contributed by atoms with Crippen molar-refractivity contribution in [2.45, 2.75) is 30.6 Å². The molecule has 100 valence electrons. The predicted molar refractivity (Wildman–Crippen MR) is 87.7 cm³/mol. The van der Waals surface area contributed by atoms with Gasteiger partial charge in [0.05, 0.1) is 5.38 Å². The minimum Gasteiger partial charge on any atom is -0.126 e. The van der Waals surface area contributed by atoms with Crippen molar-refractivity contribution in [1.82, 2.24) is 0 Å². The van der Waals surface area contributed by atoms with E-state index in [1.165, 1.54) is 24.0 Å². The summed E-state index contributed by atoms with van der Waals surface area (Å²) in [6.45, 7) is 0. The summed E-state index contributed by atoms with van der Waals surface area (Å²) >= 11 is 17.9. The number of alkyl halides is 1. The minimum atomic E-state index is 0.00949. The van der Waals surface area contributed by atoms with E-state index >= 15 is 0 Å². The van der Waals surface area contributed by atoms with E-state index in [4.69, 9.17) is 23.2 Å². The molecule has 0 saturated carbocycles. The lowest BCUT2D eigenvalue weighted by atomic mass is 9.80. The van der Waals surface area contributed by atoms with E-state index in [9.17, 15) is 0 Å². The number of fused-ring (bicyclic) bond motifs is 1. The van der Waals surface area contributed by atoms with Crippen LogP contribution in [-0.2, 0) is 6.42 Å². The van der Waals surface area contributed by atoms with E-state index < -0.39 is 0 Å². The number of benzene rings is 1.